The molecule has 0 radical (unpaired) electrons. The van der Waals surface area contributed by atoms with Gasteiger partial charge in [0.1, 0.15) is 5.82 Å². The predicted octanol–water partition coefficient (Wildman–Crippen LogP) is 2.93. The second-order valence-electron chi connectivity index (χ2n) is 4.18. The average molecular weight is 289 g/mol. The molecule has 0 saturated heterocycles. The molecule has 1 unspecified atom stereocenters. The molecule has 1 aromatic rings. The summed E-state index contributed by atoms with van der Waals surface area (Å²) in [6.07, 6.45) is 0. The SMILES string of the molecule is CC(C)N(C)C(CN)c1ccc(F)c(Br)c1. The molecule has 0 amide bonds. The van der Waals surface area contributed by atoms with Crippen molar-refractivity contribution in [3.8, 4) is 0 Å². The van der Waals surface area contributed by atoms with Crippen molar-refractivity contribution in [1.82, 2.24) is 4.90 Å². The Balaban J connectivity index is 2.99. The molecule has 90 valence electrons. The molecule has 0 heterocycles. The Bertz CT molecular complexity index is 355. The van der Waals surface area contributed by atoms with E-state index in [-0.39, 0.29) is 11.9 Å². The van der Waals surface area contributed by atoms with Crippen LogP contribution in [0.3, 0.4) is 0 Å². The minimum absolute atomic E-state index is 0.122. The summed E-state index contributed by atoms with van der Waals surface area (Å²) in [5.41, 5.74) is 6.82. The number of hydrogen-bond acceptors (Lipinski definition) is 2. The summed E-state index contributed by atoms with van der Waals surface area (Å²) in [6, 6.07) is 5.58. The van der Waals surface area contributed by atoms with E-state index in [0.717, 1.165) is 5.56 Å². The number of nitrogens with two attached hydrogens (primary N) is 1. The molecule has 2 N–H and O–H groups in total. The number of nitrogens with zero attached hydrogens (tertiary/aromatic N) is 1. The van der Waals surface area contributed by atoms with Crippen LogP contribution in [0.5, 0.6) is 0 Å². The third-order valence-corrected chi connectivity index (χ3v) is 3.47. The van der Waals surface area contributed by atoms with Gasteiger partial charge in [-0.15, -0.1) is 0 Å². The fraction of sp³-hybridized carbons (Fsp3) is 0.500. The molecule has 0 aromatic heterocycles. The lowest BCUT2D eigenvalue weighted by molar-refractivity contribution is 0.201. The first-order valence-electron chi connectivity index (χ1n) is 5.34. The number of rotatable bonds is 4. The van der Waals surface area contributed by atoms with Gasteiger partial charge in [-0.3, -0.25) is 4.90 Å². The Morgan fingerprint density at radius 3 is 2.50 bits per heavy atom. The summed E-state index contributed by atoms with van der Waals surface area (Å²) in [6.45, 7) is 4.75. The van der Waals surface area contributed by atoms with Crippen molar-refractivity contribution in [1.29, 1.82) is 0 Å². The van der Waals surface area contributed by atoms with E-state index in [4.69, 9.17) is 5.73 Å². The summed E-state index contributed by atoms with van der Waals surface area (Å²) in [5, 5.41) is 0. The molecule has 1 rings (SSSR count). The first-order chi connectivity index (χ1) is 7.47. The van der Waals surface area contributed by atoms with E-state index in [1.165, 1.54) is 6.07 Å². The summed E-state index contributed by atoms with van der Waals surface area (Å²) in [5.74, 6) is -0.244. The molecular weight excluding hydrogens is 271 g/mol. The van der Waals surface area contributed by atoms with Crippen LogP contribution < -0.4 is 5.73 Å². The molecule has 1 atom stereocenters. The molecule has 1 aromatic carbocycles. The van der Waals surface area contributed by atoms with E-state index in [1.807, 2.05) is 7.05 Å². The van der Waals surface area contributed by atoms with Crippen molar-refractivity contribution in [2.24, 2.45) is 5.73 Å². The number of hydrogen-bond donors (Lipinski definition) is 1. The topological polar surface area (TPSA) is 29.3 Å². The van der Waals surface area contributed by atoms with Crippen LogP contribution in [0.1, 0.15) is 25.5 Å². The quantitative estimate of drug-likeness (QED) is 0.923. The van der Waals surface area contributed by atoms with Gasteiger partial charge in [0.05, 0.1) is 4.47 Å². The van der Waals surface area contributed by atoms with Crippen molar-refractivity contribution in [2.45, 2.75) is 25.9 Å². The van der Waals surface area contributed by atoms with Gasteiger partial charge in [0.15, 0.2) is 0 Å². The first-order valence-corrected chi connectivity index (χ1v) is 6.13. The van der Waals surface area contributed by atoms with Gasteiger partial charge in [-0.05, 0) is 54.5 Å². The molecule has 0 aliphatic rings. The van der Waals surface area contributed by atoms with Crippen molar-refractivity contribution >= 4 is 15.9 Å². The summed E-state index contributed by atoms with van der Waals surface area (Å²) < 4.78 is 13.6. The maximum absolute atomic E-state index is 13.1. The average Bonchev–Trinajstić information content (AvgIpc) is 2.24. The van der Waals surface area contributed by atoms with Gasteiger partial charge in [-0.2, -0.15) is 0 Å². The van der Waals surface area contributed by atoms with Gasteiger partial charge in [-0.1, -0.05) is 6.07 Å². The Kier molecular flexibility index (Phi) is 4.89. The zero-order valence-corrected chi connectivity index (χ0v) is 11.5. The molecule has 0 saturated carbocycles. The van der Waals surface area contributed by atoms with Gasteiger partial charge in [0.25, 0.3) is 0 Å². The van der Waals surface area contributed by atoms with E-state index < -0.39 is 0 Å². The molecule has 0 aliphatic heterocycles. The largest absolute Gasteiger partial charge is 0.329 e. The van der Waals surface area contributed by atoms with Crippen LogP contribution in [0.15, 0.2) is 22.7 Å². The van der Waals surface area contributed by atoms with E-state index in [0.29, 0.717) is 17.1 Å². The van der Waals surface area contributed by atoms with Crippen LogP contribution >= 0.6 is 15.9 Å². The van der Waals surface area contributed by atoms with Gasteiger partial charge >= 0.3 is 0 Å². The molecule has 0 aliphatic carbocycles. The smallest absolute Gasteiger partial charge is 0.137 e. The number of benzene rings is 1. The highest BCUT2D eigenvalue weighted by Gasteiger charge is 2.18. The maximum Gasteiger partial charge on any atom is 0.137 e. The van der Waals surface area contributed by atoms with E-state index >= 15 is 0 Å². The van der Waals surface area contributed by atoms with Crippen LogP contribution in [0, 0.1) is 5.82 Å². The second kappa shape index (κ2) is 5.75. The Morgan fingerprint density at radius 1 is 1.44 bits per heavy atom. The lowest BCUT2D eigenvalue weighted by Gasteiger charge is -2.30. The zero-order chi connectivity index (χ0) is 12.3. The van der Waals surface area contributed by atoms with E-state index in [9.17, 15) is 4.39 Å². The summed E-state index contributed by atoms with van der Waals surface area (Å²) >= 11 is 3.20. The van der Waals surface area contributed by atoms with E-state index in [2.05, 4.69) is 34.7 Å². The lowest BCUT2D eigenvalue weighted by Crippen LogP contribution is -2.35. The molecule has 0 fully saturated rings. The third-order valence-electron chi connectivity index (χ3n) is 2.86. The highest BCUT2D eigenvalue weighted by Crippen LogP contribution is 2.25. The van der Waals surface area contributed by atoms with Crippen molar-refractivity contribution < 1.29 is 4.39 Å². The lowest BCUT2D eigenvalue weighted by atomic mass is 10.0. The molecule has 2 nitrogen and oxygen atoms in total. The van der Waals surface area contributed by atoms with Crippen LogP contribution in [0.2, 0.25) is 0 Å². The Labute approximate surface area is 105 Å². The highest BCUT2D eigenvalue weighted by atomic mass is 79.9. The summed E-state index contributed by atoms with van der Waals surface area (Å²) in [4.78, 5) is 2.18. The van der Waals surface area contributed by atoms with Crippen molar-refractivity contribution in [3.63, 3.8) is 0 Å². The maximum atomic E-state index is 13.1. The van der Waals surface area contributed by atoms with Gasteiger partial charge in [0.2, 0.25) is 0 Å². The van der Waals surface area contributed by atoms with Crippen LogP contribution in [-0.4, -0.2) is 24.5 Å². The van der Waals surface area contributed by atoms with Crippen LogP contribution in [0.25, 0.3) is 0 Å². The minimum Gasteiger partial charge on any atom is -0.329 e. The van der Waals surface area contributed by atoms with Gasteiger partial charge < -0.3 is 5.73 Å². The van der Waals surface area contributed by atoms with Crippen LogP contribution in [-0.2, 0) is 0 Å². The Morgan fingerprint density at radius 2 is 2.06 bits per heavy atom. The second-order valence-corrected chi connectivity index (χ2v) is 5.04. The fourth-order valence-electron chi connectivity index (χ4n) is 1.62. The monoisotopic (exact) mass is 288 g/mol. The normalized spacial score (nSPS) is 13.5. The van der Waals surface area contributed by atoms with Crippen molar-refractivity contribution in [2.75, 3.05) is 13.6 Å². The molecule has 4 heteroatoms. The number of likely N-dealkylation sites (N-methyl/N-ethyl adjacent to an activating group) is 1. The molecule has 16 heavy (non-hydrogen) atoms. The molecular formula is C12H18BrFN2. The van der Waals surface area contributed by atoms with Crippen molar-refractivity contribution in [3.05, 3.63) is 34.1 Å². The minimum atomic E-state index is -0.244. The van der Waals surface area contributed by atoms with Gasteiger partial charge in [0, 0.05) is 18.6 Å². The Hall–Kier alpha value is -0.450. The van der Waals surface area contributed by atoms with E-state index in [1.54, 1.807) is 12.1 Å². The predicted molar refractivity (Wildman–Crippen MR) is 68.8 cm³/mol. The van der Waals surface area contributed by atoms with Crippen LogP contribution in [0.4, 0.5) is 4.39 Å². The molecule has 0 bridgehead atoms. The van der Waals surface area contributed by atoms with Gasteiger partial charge in [-0.25, -0.2) is 4.39 Å². The highest BCUT2D eigenvalue weighted by molar-refractivity contribution is 9.10. The summed E-state index contributed by atoms with van der Waals surface area (Å²) in [7, 11) is 2.03. The standard InChI is InChI=1S/C12H18BrFN2/c1-8(2)16(3)12(7-15)9-4-5-11(14)10(13)6-9/h4-6,8,12H,7,15H2,1-3H3. The fourth-order valence-corrected chi connectivity index (χ4v) is 2.01. The molecule has 0 spiro atoms. The number of halogens is 2. The first kappa shape index (κ1) is 13.6. The zero-order valence-electron chi connectivity index (χ0n) is 9.87. The third kappa shape index (κ3) is 3.03.